The molecule has 40 heavy (non-hydrogen) atoms. The van der Waals surface area contributed by atoms with Gasteiger partial charge in [-0.15, -0.1) is 11.8 Å². The number of carbonyl (C=O) groups is 3. The lowest BCUT2D eigenvalue weighted by molar-refractivity contribution is -0.153. The molecule has 2 amide bonds. The second-order valence-corrected chi connectivity index (χ2v) is 10.8. The van der Waals surface area contributed by atoms with Crippen molar-refractivity contribution in [2.75, 3.05) is 18.9 Å². The first-order valence-electron chi connectivity index (χ1n) is 12.9. The summed E-state index contributed by atoms with van der Waals surface area (Å²) in [7, 11) is 0. The van der Waals surface area contributed by atoms with E-state index in [1.807, 2.05) is 13.8 Å². The first kappa shape index (κ1) is 31.2. The molecule has 2 aromatic rings. The lowest BCUT2D eigenvalue weighted by Gasteiger charge is -2.24. The molecule has 1 aliphatic rings. The highest BCUT2D eigenvalue weighted by molar-refractivity contribution is 8.00. The zero-order valence-corrected chi connectivity index (χ0v) is 23.3. The minimum absolute atomic E-state index is 0.129. The van der Waals surface area contributed by atoms with Crippen LogP contribution in [0.4, 0.5) is 13.2 Å². The van der Waals surface area contributed by atoms with Gasteiger partial charge in [0.2, 0.25) is 11.8 Å². The summed E-state index contributed by atoms with van der Waals surface area (Å²) in [6.07, 6.45) is 0.345. The van der Waals surface area contributed by atoms with Crippen LogP contribution in [0.25, 0.3) is 0 Å². The molecule has 3 N–H and O–H groups in total. The highest BCUT2D eigenvalue weighted by Crippen LogP contribution is 2.25. The van der Waals surface area contributed by atoms with E-state index in [1.165, 1.54) is 22.9 Å². The zero-order valence-electron chi connectivity index (χ0n) is 22.5. The van der Waals surface area contributed by atoms with Gasteiger partial charge < -0.3 is 25.4 Å². The van der Waals surface area contributed by atoms with E-state index >= 15 is 0 Å². The summed E-state index contributed by atoms with van der Waals surface area (Å²) in [5, 5.41) is 2.01. The maximum absolute atomic E-state index is 13.9. The van der Waals surface area contributed by atoms with Crippen molar-refractivity contribution in [3.8, 4) is 5.88 Å². The van der Waals surface area contributed by atoms with Crippen molar-refractivity contribution in [3.63, 3.8) is 0 Å². The van der Waals surface area contributed by atoms with Gasteiger partial charge in [0.25, 0.3) is 5.91 Å². The van der Waals surface area contributed by atoms with Crippen LogP contribution in [0, 0.1) is 23.4 Å². The molecule has 3 rings (SSSR count). The third-order valence-corrected chi connectivity index (χ3v) is 7.28. The molecule has 0 spiro atoms. The van der Waals surface area contributed by atoms with E-state index in [2.05, 4.69) is 10.3 Å². The smallest absolute Gasteiger partial charge is 0.347 e. The molecule has 2 heterocycles. The highest BCUT2D eigenvalue weighted by atomic mass is 32.2. The number of aromatic nitrogens is 1. The van der Waals surface area contributed by atoms with Crippen LogP contribution in [0.2, 0.25) is 0 Å². The van der Waals surface area contributed by atoms with Crippen LogP contribution in [0.1, 0.15) is 38.3 Å². The second-order valence-electron chi connectivity index (χ2n) is 9.59. The fraction of sp³-hybridized carbons (Fsp3) is 0.481. The number of rotatable bonds is 12. The number of amides is 2. The summed E-state index contributed by atoms with van der Waals surface area (Å²) < 4.78 is 51.3. The Labute approximate surface area is 235 Å². The van der Waals surface area contributed by atoms with Crippen LogP contribution in [0.5, 0.6) is 5.88 Å². The SMILES string of the molecule is CCOC(=O)C(Oc1ccc(CNC(=O)[C@@H]2SCCN2C(=O)CC(N)Cc2cc(F)c(F)cc2F)cn1)C(C)C. The fourth-order valence-corrected chi connectivity index (χ4v) is 5.19. The third kappa shape index (κ3) is 8.34. The normalized spacial score (nSPS) is 16.5. The first-order valence-corrected chi connectivity index (χ1v) is 13.9. The van der Waals surface area contributed by atoms with Crippen molar-refractivity contribution in [1.29, 1.82) is 0 Å². The molecule has 1 saturated heterocycles. The van der Waals surface area contributed by atoms with Gasteiger partial charge >= 0.3 is 5.97 Å². The van der Waals surface area contributed by atoms with Gasteiger partial charge in [0.05, 0.1) is 6.61 Å². The summed E-state index contributed by atoms with van der Waals surface area (Å²) in [4.78, 5) is 43.5. The standard InChI is InChI=1S/C27H33F3N4O5S/c1-4-38-27(37)24(15(2)3)39-22-6-5-16(13-32-22)14-33-25(36)26-34(7-8-40-26)23(35)11-18(31)9-17-10-20(29)21(30)12-19(17)28/h5-6,10,12-13,15,18,24,26H,4,7-9,11,14,31H2,1-3H3,(H,33,36)/t18?,24?,26-/m0/s1. The lowest BCUT2D eigenvalue weighted by Crippen LogP contribution is -2.46. The monoisotopic (exact) mass is 582 g/mol. The first-order chi connectivity index (χ1) is 19.0. The molecule has 0 bridgehead atoms. The predicted molar refractivity (Wildman–Crippen MR) is 143 cm³/mol. The molecule has 0 saturated carbocycles. The number of thioether (sulfide) groups is 1. The number of esters is 1. The molecule has 1 aromatic carbocycles. The molecule has 1 fully saturated rings. The number of halogens is 3. The van der Waals surface area contributed by atoms with E-state index in [9.17, 15) is 27.6 Å². The summed E-state index contributed by atoms with van der Waals surface area (Å²) in [5.41, 5.74) is 6.54. The van der Waals surface area contributed by atoms with Crippen molar-refractivity contribution in [2.45, 2.75) is 57.7 Å². The van der Waals surface area contributed by atoms with Gasteiger partial charge in [-0.05, 0) is 30.5 Å². The summed E-state index contributed by atoms with van der Waals surface area (Å²) >= 11 is 1.30. The summed E-state index contributed by atoms with van der Waals surface area (Å²) in [6.45, 7) is 6.10. The van der Waals surface area contributed by atoms with E-state index in [-0.39, 0.29) is 49.3 Å². The zero-order chi connectivity index (χ0) is 29.4. The predicted octanol–water partition coefficient (Wildman–Crippen LogP) is 2.94. The number of nitrogens with one attached hydrogen (secondary N) is 1. The molecular formula is C27H33F3N4O5S. The minimum Gasteiger partial charge on any atom is -0.463 e. The highest BCUT2D eigenvalue weighted by Gasteiger charge is 2.35. The van der Waals surface area contributed by atoms with Gasteiger partial charge in [0, 0.05) is 55.6 Å². The fourth-order valence-electron chi connectivity index (χ4n) is 4.03. The quantitative estimate of drug-likeness (QED) is 0.289. The molecule has 218 valence electrons. The number of benzene rings is 1. The average molecular weight is 583 g/mol. The Balaban J connectivity index is 1.52. The third-order valence-electron chi connectivity index (χ3n) is 6.08. The van der Waals surface area contributed by atoms with Crippen LogP contribution in [0.15, 0.2) is 30.5 Å². The van der Waals surface area contributed by atoms with Crippen LogP contribution < -0.4 is 15.8 Å². The van der Waals surface area contributed by atoms with Crippen molar-refractivity contribution in [1.82, 2.24) is 15.2 Å². The van der Waals surface area contributed by atoms with E-state index in [1.54, 1.807) is 19.1 Å². The number of nitrogens with zero attached hydrogens (tertiary/aromatic N) is 2. The Morgan fingerprint density at radius 3 is 2.55 bits per heavy atom. The Hall–Kier alpha value is -3.32. The van der Waals surface area contributed by atoms with Crippen molar-refractivity contribution < 1.29 is 37.0 Å². The number of carbonyl (C=O) groups excluding carboxylic acids is 3. The van der Waals surface area contributed by atoms with Gasteiger partial charge in [-0.1, -0.05) is 19.9 Å². The largest absolute Gasteiger partial charge is 0.463 e. The summed E-state index contributed by atoms with van der Waals surface area (Å²) in [5.74, 6) is -4.03. The molecule has 2 unspecified atom stereocenters. The molecule has 13 heteroatoms. The topological polar surface area (TPSA) is 124 Å². The molecule has 3 atom stereocenters. The van der Waals surface area contributed by atoms with Crippen LogP contribution >= 0.6 is 11.8 Å². The van der Waals surface area contributed by atoms with Gasteiger partial charge in [0.15, 0.2) is 23.1 Å². The number of pyridine rings is 1. The molecule has 1 aliphatic heterocycles. The van der Waals surface area contributed by atoms with Crippen molar-refractivity contribution in [2.24, 2.45) is 11.7 Å². The van der Waals surface area contributed by atoms with Crippen LogP contribution in [-0.2, 0) is 32.1 Å². The lowest BCUT2D eigenvalue weighted by atomic mass is 10.0. The molecule has 9 nitrogen and oxygen atoms in total. The van der Waals surface area contributed by atoms with Crippen LogP contribution in [0.3, 0.4) is 0 Å². The Bertz CT molecular complexity index is 1200. The van der Waals surface area contributed by atoms with E-state index in [0.717, 1.165) is 6.07 Å². The van der Waals surface area contributed by atoms with Crippen molar-refractivity contribution >= 4 is 29.5 Å². The number of hydrogen-bond acceptors (Lipinski definition) is 8. The van der Waals surface area contributed by atoms with E-state index in [0.29, 0.717) is 23.9 Å². The second kappa shape index (κ2) is 14.4. The minimum atomic E-state index is -1.30. The molecule has 0 aliphatic carbocycles. The molecule has 0 radical (unpaired) electrons. The van der Waals surface area contributed by atoms with Crippen molar-refractivity contribution in [3.05, 3.63) is 59.0 Å². The van der Waals surface area contributed by atoms with Gasteiger partial charge in [-0.25, -0.2) is 22.9 Å². The maximum Gasteiger partial charge on any atom is 0.347 e. The van der Waals surface area contributed by atoms with E-state index in [4.69, 9.17) is 15.2 Å². The Morgan fingerprint density at radius 1 is 1.18 bits per heavy atom. The maximum atomic E-state index is 13.9. The van der Waals surface area contributed by atoms with Gasteiger partial charge in [0.1, 0.15) is 5.82 Å². The average Bonchev–Trinajstić information content (AvgIpc) is 3.40. The number of ether oxygens (including phenoxy) is 2. The Kier molecular flexibility index (Phi) is 11.2. The van der Waals surface area contributed by atoms with E-state index < -0.39 is 46.8 Å². The summed E-state index contributed by atoms with van der Waals surface area (Å²) in [6, 6.07) is 3.61. The Morgan fingerprint density at radius 2 is 1.90 bits per heavy atom. The number of hydrogen-bond donors (Lipinski definition) is 2. The van der Waals surface area contributed by atoms with Crippen LogP contribution in [-0.4, -0.2) is 64.1 Å². The molecule has 1 aromatic heterocycles. The van der Waals surface area contributed by atoms with Gasteiger partial charge in [-0.3, -0.25) is 9.59 Å². The number of nitrogens with two attached hydrogens (primary N) is 1. The van der Waals surface area contributed by atoms with Gasteiger partial charge in [-0.2, -0.15) is 0 Å². The molecular weight excluding hydrogens is 549 g/mol.